The van der Waals surface area contributed by atoms with Gasteiger partial charge >= 0.3 is 0 Å². The molecule has 0 radical (unpaired) electrons. The molecule has 0 spiro atoms. The van der Waals surface area contributed by atoms with Crippen molar-refractivity contribution in [3.63, 3.8) is 0 Å². The number of hydrogen-bond acceptors (Lipinski definition) is 5. The smallest absolute Gasteiger partial charge is 0.272 e. The van der Waals surface area contributed by atoms with Gasteiger partial charge in [-0.1, -0.05) is 24.3 Å². The van der Waals surface area contributed by atoms with Crippen molar-refractivity contribution in [2.45, 2.75) is 6.92 Å². The van der Waals surface area contributed by atoms with Crippen LogP contribution < -0.4 is 4.90 Å². The third kappa shape index (κ3) is 4.55. The number of nitro benzene ring substituents is 1. The van der Waals surface area contributed by atoms with Crippen LogP contribution in [0.3, 0.4) is 0 Å². The van der Waals surface area contributed by atoms with E-state index in [4.69, 9.17) is 0 Å². The summed E-state index contributed by atoms with van der Waals surface area (Å²) < 4.78 is 14.9. The van der Waals surface area contributed by atoms with Gasteiger partial charge in [-0.2, -0.15) is 5.10 Å². The Morgan fingerprint density at radius 3 is 2.36 bits per heavy atom. The number of non-ortho nitro benzene ring substituents is 1. The molecule has 1 aliphatic heterocycles. The Morgan fingerprint density at radius 2 is 1.67 bits per heavy atom. The second kappa shape index (κ2) is 9.61. The molecule has 0 aliphatic carbocycles. The van der Waals surface area contributed by atoms with Gasteiger partial charge < -0.3 is 9.80 Å². The van der Waals surface area contributed by atoms with Gasteiger partial charge in [-0.25, -0.2) is 9.07 Å². The molecule has 2 heterocycles. The number of para-hydroxylation sites is 1. The number of rotatable bonds is 5. The summed E-state index contributed by atoms with van der Waals surface area (Å²) in [5.41, 5.74) is 4.05. The number of halogens is 1. The Morgan fingerprint density at radius 1 is 0.944 bits per heavy atom. The second-order valence-electron chi connectivity index (χ2n) is 8.68. The van der Waals surface area contributed by atoms with Crippen molar-refractivity contribution in [1.29, 1.82) is 0 Å². The summed E-state index contributed by atoms with van der Waals surface area (Å²) in [5, 5.41) is 15.9. The summed E-state index contributed by atoms with van der Waals surface area (Å²) in [4.78, 5) is 28.6. The number of carbonyl (C=O) groups is 1. The van der Waals surface area contributed by atoms with Crippen LogP contribution in [0.2, 0.25) is 0 Å². The molecule has 1 aromatic heterocycles. The summed E-state index contributed by atoms with van der Waals surface area (Å²) in [5.74, 6) is -0.591. The number of amides is 1. The van der Waals surface area contributed by atoms with E-state index >= 15 is 0 Å². The average Bonchev–Trinajstić information content (AvgIpc) is 3.35. The zero-order valence-corrected chi connectivity index (χ0v) is 19.7. The number of benzene rings is 3. The van der Waals surface area contributed by atoms with Crippen LogP contribution >= 0.6 is 0 Å². The molecule has 1 aliphatic rings. The number of hydrogen-bond donors (Lipinski definition) is 0. The van der Waals surface area contributed by atoms with E-state index in [1.54, 1.807) is 35.2 Å². The highest BCUT2D eigenvalue weighted by Crippen LogP contribution is 2.26. The van der Waals surface area contributed by atoms with Gasteiger partial charge in [0.05, 0.1) is 16.3 Å². The molecule has 0 atom stereocenters. The lowest BCUT2D eigenvalue weighted by Gasteiger charge is -2.36. The summed E-state index contributed by atoms with van der Waals surface area (Å²) in [6, 6.07) is 21.7. The van der Waals surface area contributed by atoms with Crippen molar-refractivity contribution in [1.82, 2.24) is 14.7 Å². The van der Waals surface area contributed by atoms with E-state index in [1.165, 1.54) is 34.5 Å². The van der Waals surface area contributed by atoms with E-state index in [0.29, 0.717) is 48.8 Å². The maximum atomic E-state index is 13.7. The average molecular weight is 486 g/mol. The molecule has 1 saturated heterocycles. The summed E-state index contributed by atoms with van der Waals surface area (Å²) in [6.07, 6.45) is 0. The van der Waals surface area contributed by atoms with Crippen LogP contribution in [-0.4, -0.2) is 51.7 Å². The third-order valence-electron chi connectivity index (χ3n) is 6.38. The molecule has 36 heavy (non-hydrogen) atoms. The van der Waals surface area contributed by atoms with Crippen molar-refractivity contribution in [3.05, 3.63) is 106 Å². The van der Waals surface area contributed by atoms with Gasteiger partial charge in [0.1, 0.15) is 11.5 Å². The summed E-state index contributed by atoms with van der Waals surface area (Å²) in [7, 11) is 0. The molecule has 3 aromatic carbocycles. The van der Waals surface area contributed by atoms with Crippen molar-refractivity contribution >= 4 is 17.3 Å². The molecular formula is C27H24FN5O3. The van der Waals surface area contributed by atoms with Gasteiger partial charge in [-0.05, 0) is 55.0 Å². The highest BCUT2D eigenvalue weighted by atomic mass is 19.1. The van der Waals surface area contributed by atoms with Gasteiger partial charge in [0.25, 0.3) is 11.6 Å². The lowest BCUT2D eigenvalue weighted by Crippen LogP contribution is -2.49. The molecule has 0 saturated carbocycles. The number of anilines is 1. The van der Waals surface area contributed by atoms with Crippen molar-refractivity contribution in [2.75, 3.05) is 31.1 Å². The molecule has 0 bridgehead atoms. The molecule has 8 nitrogen and oxygen atoms in total. The van der Waals surface area contributed by atoms with E-state index < -0.39 is 4.92 Å². The second-order valence-corrected chi connectivity index (χ2v) is 8.68. The Labute approximate surface area is 207 Å². The van der Waals surface area contributed by atoms with Crippen LogP contribution in [0.5, 0.6) is 0 Å². The fourth-order valence-electron chi connectivity index (χ4n) is 4.46. The van der Waals surface area contributed by atoms with Crippen molar-refractivity contribution in [3.8, 4) is 16.9 Å². The molecule has 5 rings (SSSR count). The lowest BCUT2D eigenvalue weighted by molar-refractivity contribution is -0.384. The van der Waals surface area contributed by atoms with E-state index in [-0.39, 0.29) is 17.4 Å². The minimum atomic E-state index is -0.486. The van der Waals surface area contributed by atoms with Crippen LogP contribution in [0.25, 0.3) is 16.9 Å². The standard InChI is InChI=1S/C27H24FN5O3/c1-19-5-2-3-8-25(19)30-13-15-31(16-14-30)27(34)26-18-24(20-9-11-21(28)12-10-20)29-32(26)22-6-4-7-23(17-22)33(35)36/h2-12,17-18H,13-16H2,1H3. The molecule has 4 aromatic rings. The maximum absolute atomic E-state index is 13.7. The molecule has 0 N–H and O–H groups in total. The highest BCUT2D eigenvalue weighted by molar-refractivity contribution is 5.94. The van der Waals surface area contributed by atoms with E-state index in [9.17, 15) is 19.3 Å². The minimum absolute atomic E-state index is 0.100. The quantitative estimate of drug-likeness (QED) is 0.298. The fourth-order valence-corrected chi connectivity index (χ4v) is 4.46. The molecule has 1 amide bonds. The van der Waals surface area contributed by atoms with Crippen LogP contribution in [0.1, 0.15) is 16.1 Å². The SMILES string of the molecule is Cc1ccccc1N1CCN(C(=O)c2cc(-c3ccc(F)cc3)nn2-c2cccc([N+](=O)[O-])c2)CC1. The van der Waals surface area contributed by atoms with E-state index in [0.717, 1.165) is 5.69 Å². The van der Waals surface area contributed by atoms with Gasteiger partial charge in [0.15, 0.2) is 0 Å². The van der Waals surface area contributed by atoms with Crippen LogP contribution in [-0.2, 0) is 0 Å². The van der Waals surface area contributed by atoms with Crippen molar-refractivity contribution < 1.29 is 14.1 Å². The molecule has 182 valence electrons. The first-order valence-electron chi connectivity index (χ1n) is 11.6. The zero-order valence-electron chi connectivity index (χ0n) is 19.7. The Kier molecular flexibility index (Phi) is 6.20. The lowest BCUT2D eigenvalue weighted by atomic mass is 10.1. The summed E-state index contributed by atoms with van der Waals surface area (Å²) in [6.45, 7) is 4.50. The van der Waals surface area contributed by atoms with Crippen molar-refractivity contribution in [2.24, 2.45) is 0 Å². The van der Waals surface area contributed by atoms with Gasteiger partial charge in [0.2, 0.25) is 0 Å². The number of nitro groups is 1. The molecule has 1 fully saturated rings. The number of piperazine rings is 1. The highest BCUT2D eigenvalue weighted by Gasteiger charge is 2.27. The molecule has 9 heteroatoms. The number of carbonyl (C=O) groups excluding carboxylic acids is 1. The largest absolute Gasteiger partial charge is 0.368 e. The predicted octanol–water partition coefficient (Wildman–Crippen LogP) is 4.86. The Balaban J connectivity index is 1.47. The van der Waals surface area contributed by atoms with Gasteiger partial charge in [-0.15, -0.1) is 0 Å². The van der Waals surface area contributed by atoms with Crippen LogP contribution in [0.15, 0.2) is 78.9 Å². The first-order valence-corrected chi connectivity index (χ1v) is 11.6. The summed E-state index contributed by atoms with van der Waals surface area (Å²) >= 11 is 0. The number of aromatic nitrogens is 2. The Hall–Kier alpha value is -4.53. The monoisotopic (exact) mass is 485 g/mol. The normalized spacial score (nSPS) is 13.6. The zero-order chi connectivity index (χ0) is 25.2. The molecular weight excluding hydrogens is 461 g/mol. The number of nitrogens with zero attached hydrogens (tertiary/aromatic N) is 5. The third-order valence-corrected chi connectivity index (χ3v) is 6.38. The number of aryl methyl sites for hydroxylation is 1. The first kappa shape index (κ1) is 23.2. The predicted molar refractivity (Wildman–Crippen MR) is 135 cm³/mol. The maximum Gasteiger partial charge on any atom is 0.272 e. The van der Waals surface area contributed by atoms with Crippen LogP contribution in [0, 0.1) is 22.9 Å². The molecule has 0 unspecified atom stereocenters. The van der Waals surface area contributed by atoms with Gasteiger partial charge in [0, 0.05) is 49.6 Å². The van der Waals surface area contributed by atoms with E-state index in [2.05, 4.69) is 29.1 Å². The minimum Gasteiger partial charge on any atom is -0.368 e. The topological polar surface area (TPSA) is 84.5 Å². The first-order chi connectivity index (χ1) is 17.4. The Bertz CT molecular complexity index is 1430. The van der Waals surface area contributed by atoms with Gasteiger partial charge in [-0.3, -0.25) is 14.9 Å². The fraction of sp³-hybridized carbons (Fsp3) is 0.185. The van der Waals surface area contributed by atoms with Crippen LogP contribution in [0.4, 0.5) is 15.8 Å². The van der Waals surface area contributed by atoms with E-state index in [1.807, 2.05) is 12.1 Å².